The zero-order valence-corrected chi connectivity index (χ0v) is 11.9. The summed E-state index contributed by atoms with van der Waals surface area (Å²) in [7, 11) is 0. The minimum atomic E-state index is -4.53. The molecule has 0 bridgehead atoms. The van der Waals surface area contributed by atoms with Crippen molar-refractivity contribution in [1.29, 1.82) is 0 Å². The molecular formula is C14H19F3N2O2. The summed E-state index contributed by atoms with van der Waals surface area (Å²) in [5, 5.41) is 11.1. The van der Waals surface area contributed by atoms with Crippen molar-refractivity contribution < 1.29 is 23.1 Å². The first-order chi connectivity index (χ1) is 9.77. The lowest BCUT2D eigenvalue weighted by molar-refractivity contribution is -0.136. The van der Waals surface area contributed by atoms with E-state index in [1.807, 2.05) is 0 Å². The van der Waals surface area contributed by atoms with Crippen molar-refractivity contribution in [2.45, 2.75) is 32.5 Å². The van der Waals surface area contributed by atoms with Crippen LogP contribution in [0.1, 0.15) is 25.8 Å². The Morgan fingerprint density at radius 3 is 2.48 bits per heavy atom. The van der Waals surface area contributed by atoms with E-state index < -0.39 is 17.8 Å². The van der Waals surface area contributed by atoms with Crippen molar-refractivity contribution in [3.8, 4) is 0 Å². The lowest BCUT2D eigenvalue weighted by Crippen LogP contribution is -2.41. The molecule has 0 atom stereocenters. The van der Waals surface area contributed by atoms with Gasteiger partial charge in [0, 0.05) is 19.2 Å². The highest BCUT2D eigenvalue weighted by Crippen LogP contribution is 2.34. The van der Waals surface area contributed by atoms with Gasteiger partial charge in [-0.3, -0.25) is 0 Å². The Kier molecular flexibility index (Phi) is 6.02. The molecule has 1 aromatic rings. The van der Waals surface area contributed by atoms with E-state index >= 15 is 0 Å². The van der Waals surface area contributed by atoms with Gasteiger partial charge in [0.2, 0.25) is 0 Å². The Labute approximate surface area is 121 Å². The number of aliphatic hydroxyl groups excluding tert-OH is 1. The number of aliphatic hydroxyl groups is 1. The van der Waals surface area contributed by atoms with Crippen LogP contribution in [-0.4, -0.2) is 35.2 Å². The number of amides is 2. The minimum Gasteiger partial charge on any atom is -0.396 e. The van der Waals surface area contributed by atoms with Gasteiger partial charge in [-0.05, 0) is 32.4 Å². The topological polar surface area (TPSA) is 52.6 Å². The maximum absolute atomic E-state index is 12.9. The molecule has 2 amide bonds. The second kappa shape index (κ2) is 7.31. The molecule has 0 aliphatic carbocycles. The molecule has 0 aliphatic rings. The van der Waals surface area contributed by atoms with Gasteiger partial charge in [-0.25, -0.2) is 4.79 Å². The molecule has 7 heteroatoms. The number of para-hydroxylation sites is 1. The van der Waals surface area contributed by atoms with Crippen LogP contribution in [0.4, 0.5) is 23.7 Å². The predicted molar refractivity (Wildman–Crippen MR) is 74.0 cm³/mol. The Bertz CT molecular complexity index is 476. The summed E-state index contributed by atoms with van der Waals surface area (Å²) < 4.78 is 38.6. The molecule has 0 aromatic heterocycles. The van der Waals surface area contributed by atoms with Crippen molar-refractivity contribution in [1.82, 2.24) is 4.90 Å². The van der Waals surface area contributed by atoms with E-state index in [9.17, 15) is 18.0 Å². The predicted octanol–water partition coefficient (Wildman–Crippen LogP) is 3.33. The maximum atomic E-state index is 12.9. The zero-order valence-electron chi connectivity index (χ0n) is 11.9. The molecular weight excluding hydrogens is 285 g/mol. The first-order valence-electron chi connectivity index (χ1n) is 6.62. The number of rotatable bonds is 5. The van der Waals surface area contributed by atoms with Gasteiger partial charge in [0.15, 0.2) is 0 Å². The third-order valence-corrected chi connectivity index (χ3v) is 2.92. The van der Waals surface area contributed by atoms with Crippen LogP contribution in [0.2, 0.25) is 0 Å². The molecule has 0 saturated carbocycles. The van der Waals surface area contributed by atoms with Gasteiger partial charge in [-0.15, -0.1) is 0 Å². The van der Waals surface area contributed by atoms with Gasteiger partial charge in [-0.1, -0.05) is 12.1 Å². The smallest absolute Gasteiger partial charge is 0.396 e. The second-order valence-electron chi connectivity index (χ2n) is 4.84. The first kappa shape index (κ1) is 17.3. The highest BCUT2D eigenvalue weighted by molar-refractivity contribution is 5.90. The number of alkyl halides is 3. The molecule has 0 unspecified atom stereocenters. The minimum absolute atomic E-state index is 0.0877. The highest BCUT2D eigenvalue weighted by atomic mass is 19.4. The number of nitrogens with one attached hydrogen (secondary N) is 1. The van der Waals surface area contributed by atoms with E-state index in [1.165, 1.54) is 23.1 Å². The second-order valence-corrected chi connectivity index (χ2v) is 4.84. The zero-order chi connectivity index (χ0) is 16.0. The highest BCUT2D eigenvalue weighted by Gasteiger charge is 2.34. The van der Waals surface area contributed by atoms with Crippen molar-refractivity contribution in [2.24, 2.45) is 0 Å². The number of hydrogen-bond acceptors (Lipinski definition) is 2. The fraction of sp³-hybridized carbons (Fsp3) is 0.500. The van der Waals surface area contributed by atoms with E-state index in [-0.39, 0.29) is 24.9 Å². The molecule has 21 heavy (non-hydrogen) atoms. The number of benzene rings is 1. The molecule has 0 spiro atoms. The number of urea groups is 1. The Hall–Kier alpha value is -1.76. The van der Waals surface area contributed by atoms with Crippen molar-refractivity contribution >= 4 is 11.7 Å². The Balaban J connectivity index is 2.91. The third kappa shape index (κ3) is 4.93. The summed E-state index contributed by atoms with van der Waals surface area (Å²) in [6, 6.07) is 4.03. The number of carbonyl (C=O) groups excluding carboxylic acids is 1. The maximum Gasteiger partial charge on any atom is 0.418 e. The van der Waals surface area contributed by atoms with Gasteiger partial charge >= 0.3 is 12.2 Å². The average molecular weight is 304 g/mol. The number of hydrogen-bond donors (Lipinski definition) is 2. The van der Waals surface area contributed by atoms with Crippen LogP contribution in [0.5, 0.6) is 0 Å². The van der Waals surface area contributed by atoms with Crippen LogP contribution >= 0.6 is 0 Å². The lowest BCUT2D eigenvalue weighted by atomic mass is 10.1. The number of nitrogens with zero attached hydrogens (tertiary/aromatic N) is 1. The summed E-state index contributed by atoms with van der Waals surface area (Å²) in [6.45, 7) is 3.70. The van der Waals surface area contributed by atoms with E-state index in [0.717, 1.165) is 6.07 Å². The molecule has 4 nitrogen and oxygen atoms in total. The third-order valence-electron chi connectivity index (χ3n) is 2.92. The van der Waals surface area contributed by atoms with E-state index in [2.05, 4.69) is 5.32 Å². The summed E-state index contributed by atoms with van der Waals surface area (Å²) in [4.78, 5) is 13.5. The van der Waals surface area contributed by atoms with E-state index in [4.69, 9.17) is 5.11 Å². The monoisotopic (exact) mass is 304 g/mol. The summed E-state index contributed by atoms with van der Waals surface area (Å²) in [5.74, 6) is 0. The van der Waals surface area contributed by atoms with Crippen LogP contribution in [0, 0.1) is 0 Å². The average Bonchev–Trinajstić information content (AvgIpc) is 2.38. The van der Waals surface area contributed by atoms with Crippen LogP contribution in [0.25, 0.3) is 0 Å². The molecule has 0 aliphatic heterocycles. The first-order valence-corrected chi connectivity index (χ1v) is 6.62. The summed E-state index contributed by atoms with van der Waals surface area (Å²) in [5.41, 5.74) is -1.16. The van der Waals surface area contributed by atoms with Gasteiger partial charge < -0.3 is 15.3 Å². The largest absolute Gasteiger partial charge is 0.418 e. The molecule has 0 heterocycles. The summed E-state index contributed by atoms with van der Waals surface area (Å²) in [6.07, 6.45) is -4.16. The van der Waals surface area contributed by atoms with E-state index in [1.54, 1.807) is 13.8 Å². The van der Waals surface area contributed by atoms with Gasteiger partial charge in [0.05, 0.1) is 11.3 Å². The number of carbonyl (C=O) groups is 1. The van der Waals surface area contributed by atoms with Crippen LogP contribution in [0.3, 0.4) is 0 Å². The van der Waals surface area contributed by atoms with Crippen LogP contribution in [-0.2, 0) is 6.18 Å². The number of anilines is 1. The molecule has 118 valence electrons. The fourth-order valence-electron chi connectivity index (χ4n) is 1.86. The fourth-order valence-corrected chi connectivity index (χ4v) is 1.86. The van der Waals surface area contributed by atoms with Crippen LogP contribution in [0.15, 0.2) is 24.3 Å². The normalized spacial score (nSPS) is 11.6. The molecule has 2 N–H and O–H groups in total. The SMILES string of the molecule is CC(C)N(CCCO)C(=O)Nc1ccccc1C(F)(F)F. The summed E-state index contributed by atoms with van der Waals surface area (Å²) >= 11 is 0. The van der Waals surface area contributed by atoms with Crippen molar-refractivity contribution in [3.05, 3.63) is 29.8 Å². The van der Waals surface area contributed by atoms with E-state index in [0.29, 0.717) is 6.42 Å². The molecule has 1 aromatic carbocycles. The van der Waals surface area contributed by atoms with Gasteiger partial charge in [0.1, 0.15) is 0 Å². The van der Waals surface area contributed by atoms with Crippen molar-refractivity contribution in [2.75, 3.05) is 18.5 Å². The standard InChI is InChI=1S/C14H19F3N2O2/c1-10(2)19(8-5-9-20)13(21)18-12-7-4-3-6-11(12)14(15,16)17/h3-4,6-7,10,20H,5,8-9H2,1-2H3,(H,18,21). The molecule has 1 rings (SSSR count). The molecule has 0 radical (unpaired) electrons. The quantitative estimate of drug-likeness (QED) is 0.876. The van der Waals surface area contributed by atoms with Gasteiger partial charge in [-0.2, -0.15) is 13.2 Å². The Morgan fingerprint density at radius 2 is 1.95 bits per heavy atom. The molecule has 0 fully saturated rings. The van der Waals surface area contributed by atoms with Crippen molar-refractivity contribution in [3.63, 3.8) is 0 Å². The van der Waals surface area contributed by atoms with Gasteiger partial charge in [0.25, 0.3) is 0 Å². The lowest BCUT2D eigenvalue weighted by Gasteiger charge is -2.27. The molecule has 0 saturated heterocycles. The number of halogens is 3. The Morgan fingerprint density at radius 1 is 1.33 bits per heavy atom. The van der Waals surface area contributed by atoms with Crippen LogP contribution < -0.4 is 5.32 Å².